The van der Waals surface area contributed by atoms with Gasteiger partial charge in [-0.05, 0) is 38.3 Å². The zero-order chi connectivity index (χ0) is 17.0. The number of aromatic nitrogens is 2. The number of H-pyrrole nitrogens is 1. The van der Waals surface area contributed by atoms with E-state index in [1.807, 2.05) is 25.1 Å². The summed E-state index contributed by atoms with van der Waals surface area (Å²) in [6.07, 6.45) is 4.08. The van der Waals surface area contributed by atoms with Crippen LogP contribution < -0.4 is 10.6 Å². The minimum atomic E-state index is 0. The Balaban J connectivity index is 0.00000312. The highest BCUT2D eigenvalue weighted by atomic mass is 127. The normalized spacial score (nSPS) is 11.4. The Morgan fingerprint density at radius 2 is 1.92 bits per heavy atom. The smallest absolute Gasteiger partial charge is 0.190 e. The molecular formula is C18H30IN5O. The zero-order valence-corrected chi connectivity index (χ0v) is 17.5. The van der Waals surface area contributed by atoms with Crippen LogP contribution in [0.4, 0.5) is 0 Å². The Kier molecular flexibility index (Phi) is 11.2. The number of guanidine groups is 1. The Hall–Kier alpha value is -1.35. The summed E-state index contributed by atoms with van der Waals surface area (Å²) in [5, 5.41) is 6.67. The number of fused-ring (bicyclic) bond motifs is 1. The molecule has 0 aliphatic heterocycles. The number of aryl methyl sites for hydroxylation is 1. The second-order valence-corrected chi connectivity index (χ2v) is 5.63. The van der Waals surface area contributed by atoms with Crippen molar-refractivity contribution in [2.75, 3.05) is 33.4 Å². The molecule has 1 aromatic heterocycles. The van der Waals surface area contributed by atoms with Crippen molar-refractivity contribution >= 4 is 41.0 Å². The Bertz CT molecular complexity index is 596. The van der Waals surface area contributed by atoms with E-state index in [0.717, 1.165) is 74.8 Å². The molecule has 3 N–H and O–H groups in total. The predicted octanol–water partition coefficient (Wildman–Crippen LogP) is 3.10. The Labute approximate surface area is 167 Å². The Morgan fingerprint density at radius 3 is 2.64 bits per heavy atom. The number of hydrogen-bond acceptors (Lipinski definition) is 3. The number of rotatable bonds is 10. The number of benzene rings is 1. The minimum absolute atomic E-state index is 0. The number of para-hydroxylation sites is 2. The molecule has 25 heavy (non-hydrogen) atoms. The topological polar surface area (TPSA) is 74.3 Å². The molecule has 0 aliphatic carbocycles. The first kappa shape index (κ1) is 21.7. The molecule has 1 heterocycles. The van der Waals surface area contributed by atoms with Gasteiger partial charge in [-0.3, -0.25) is 4.99 Å². The molecule has 6 nitrogen and oxygen atoms in total. The molecule has 0 spiro atoms. The van der Waals surface area contributed by atoms with Crippen LogP contribution in [-0.2, 0) is 11.2 Å². The summed E-state index contributed by atoms with van der Waals surface area (Å²) in [5.41, 5.74) is 2.13. The number of aromatic amines is 1. The van der Waals surface area contributed by atoms with Gasteiger partial charge in [0.25, 0.3) is 0 Å². The SMILES string of the molecule is CCOCCCCNC(=NC)NCCCc1nc2ccccc2[nH]1.I. The summed E-state index contributed by atoms with van der Waals surface area (Å²) in [4.78, 5) is 12.2. The number of unbranched alkanes of at least 4 members (excludes halogenated alkanes) is 1. The molecule has 2 rings (SSSR count). The highest BCUT2D eigenvalue weighted by molar-refractivity contribution is 14.0. The summed E-state index contributed by atoms with van der Waals surface area (Å²) in [6.45, 7) is 5.44. The van der Waals surface area contributed by atoms with E-state index in [4.69, 9.17) is 4.74 Å². The van der Waals surface area contributed by atoms with Gasteiger partial charge in [-0.15, -0.1) is 24.0 Å². The van der Waals surface area contributed by atoms with Crippen molar-refractivity contribution in [1.29, 1.82) is 0 Å². The van der Waals surface area contributed by atoms with Gasteiger partial charge < -0.3 is 20.4 Å². The average molecular weight is 459 g/mol. The van der Waals surface area contributed by atoms with E-state index in [1.165, 1.54) is 0 Å². The van der Waals surface area contributed by atoms with Crippen molar-refractivity contribution in [3.63, 3.8) is 0 Å². The van der Waals surface area contributed by atoms with Crippen LogP contribution in [0.5, 0.6) is 0 Å². The fraction of sp³-hybridized carbons (Fsp3) is 0.556. The number of nitrogens with zero attached hydrogens (tertiary/aromatic N) is 2. The van der Waals surface area contributed by atoms with Gasteiger partial charge in [-0.25, -0.2) is 4.98 Å². The summed E-state index contributed by atoms with van der Waals surface area (Å²) in [5.74, 6) is 1.90. The molecule has 0 atom stereocenters. The molecule has 0 bridgehead atoms. The first-order valence-corrected chi connectivity index (χ1v) is 8.79. The van der Waals surface area contributed by atoms with E-state index in [0.29, 0.717) is 0 Å². The monoisotopic (exact) mass is 459 g/mol. The predicted molar refractivity (Wildman–Crippen MR) is 115 cm³/mol. The lowest BCUT2D eigenvalue weighted by Crippen LogP contribution is -2.38. The van der Waals surface area contributed by atoms with Gasteiger partial charge in [0.1, 0.15) is 5.82 Å². The summed E-state index contributed by atoms with van der Waals surface area (Å²) in [6, 6.07) is 8.13. The summed E-state index contributed by atoms with van der Waals surface area (Å²) < 4.78 is 5.33. The highest BCUT2D eigenvalue weighted by Gasteiger charge is 2.02. The molecule has 2 aromatic rings. The number of nitrogens with one attached hydrogen (secondary N) is 3. The second-order valence-electron chi connectivity index (χ2n) is 5.63. The third-order valence-electron chi connectivity index (χ3n) is 3.76. The number of hydrogen-bond donors (Lipinski definition) is 3. The standard InChI is InChI=1S/C18H29N5O.HI/c1-3-24-14-7-6-12-20-18(19-2)21-13-8-11-17-22-15-9-4-5-10-16(15)23-17;/h4-5,9-10H,3,6-8,11-14H2,1-2H3,(H,22,23)(H2,19,20,21);1H. The highest BCUT2D eigenvalue weighted by Crippen LogP contribution is 2.10. The third-order valence-corrected chi connectivity index (χ3v) is 3.76. The van der Waals surface area contributed by atoms with Gasteiger partial charge in [0.05, 0.1) is 11.0 Å². The van der Waals surface area contributed by atoms with E-state index < -0.39 is 0 Å². The zero-order valence-electron chi connectivity index (χ0n) is 15.2. The molecule has 0 unspecified atom stereocenters. The van der Waals surface area contributed by atoms with Crippen molar-refractivity contribution in [2.24, 2.45) is 4.99 Å². The van der Waals surface area contributed by atoms with E-state index in [9.17, 15) is 0 Å². The van der Waals surface area contributed by atoms with Crippen LogP contribution in [0.1, 0.15) is 32.0 Å². The number of aliphatic imine (C=N–C) groups is 1. The van der Waals surface area contributed by atoms with Gasteiger partial charge in [-0.2, -0.15) is 0 Å². The number of halogens is 1. The van der Waals surface area contributed by atoms with E-state index >= 15 is 0 Å². The van der Waals surface area contributed by atoms with Crippen molar-refractivity contribution in [2.45, 2.75) is 32.6 Å². The van der Waals surface area contributed by atoms with Gasteiger partial charge in [-0.1, -0.05) is 12.1 Å². The average Bonchev–Trinajstić information content (AvgIpc) is 3.02. The van der Waals surface area contributed by atoms with Crippen LogP contribution >= 0.6 is 24.0 Å². The fourth-order valence-electron chi connectivity index (χ4n) is 2.49. The largest absolute Gasteiger partial charge is 0.382 e. The molecule has 0 fully saturated rings. The van der Waals surface area contributed by atoms with E-state index in [2.05, 4.69) is 31.7 Å². The van der Waals surface area contributed by atoms with Crippen LogP contribution in [0.25, 0.3) is 11.0 Å². The van der Waals surface area contributed by atoms with Gasteiger partial charge in [0.15, 0.2) is 5.96 Å². The van der Waals surface area contributed by atoms with E-state index in [1.54, 1.807) is 7.05 Å². The fourth-order valence-corrected chi connectivity index (χ4v) is 2.49. The molecule has 0 radical (unpaired) electrons. The first-order valence-electron chi connectivity index (χ1n) is 8.79. The minimum Gasteiger partial charge on any atom is -0.382 e. The Morgan fingerprint density at radius 1 is 1.16 bits per heavy atom. The molecule has 140 valence electrons. The van der Waals surface area contributed by atoms with Crippen LogP contribution in [-0.4, -0.2) is 49.3 Å². The lowest BCUT2D eigenvalue weighted by Gasteiger charge is -2.11. The van der Waals surface area contributed by atoms with Crippen LogP contribution in [0.3, 0.4) is 0 Å². The quantitative estimate of drug-likeness (QED) is 0.221. The van der Waals surface area contributed by atoms with Gasteiger partial charge in [0.2, 0.25) is 0 Å². The lowest BCUT2D eigenvalue weighted by molar-refractivity contribution is 0.143. The number of imidazole rings is 1. The van der Waals surface area contributed by atoms with Crippen molar-refractivity contribution in [3.05, 3.63) is 30.1 Å². The molecule has 0 saturated carbocycles. The maximum atomic E-state index is 5.33. The van der Waals surface area contributed by atoms with Gasteiger partial charge >= 0.3 is 0 Å². The van der Waals surface area contributed by atoms with Gasteiger partial charge in [0, 0.05) is 39.8 Å². The molecule has 0 amide bonds. The molecule has 1 aromatic carbocycles. The van der Waals surface area contributed by atoms with Crippen molar-refractivity contribution in [3.8, 4) is 0 Å². The maximum absolute atomic E-state index is 5.33. The first-order chi connectivity index (χ1) is 11.8. The summed E-state index contributed by atoms with van der Waals surface area (Å²) >= 11 is 0. The van der Waals surface area contributed by atoms with Crippen LogP contribution in [0, 0.1) is 0 Å². The lowest BCUT2D eigenvalue weighted by atomic mass is 10.3. The summed E-state index contributed by atoms with van der Waals surface area (Å²) in [7, 11) is 1.80. The van der Waals surface area contributed by atoms with Crippen LogP contribution in [0.15, 0.2) is 29.3 Å². The van der Waals surface area contributed by atoms with Crippen LogP contribution in [0.2, 0.25) is 0 Å². The van der Waals surface area contributed by atoms with Crippen molar-refractivity contribution < 1.29 is 4.74 Å². The number of ether oxygens (including phenoxy) is 1. The third kappa shape index (κ3) is 8.04. The molecule has 0 saturated heterocycles. The maximum Gasteiger partial charge on any atom is 0.190 e. The second kappa shape index (κ2) is 12.9. The molecule has 7 heteroatoms. The molecule has 0 aliphatic rings. The van der Waals surface area contributed by atoms with E-state index in [-0.39, 0.29) is 24.0 Å². The van der Waals surface area contributed by atoms with Crippen molar-refractivity contribution in [1.82, 2.24) is 20.6 Å². The molecular weight excluding hydrogens is 429 g/mol.